The summed E-state index contributed by atoms with van der Waals surface area (Å²) in [5, 5.41) is 0. The maximum absolute atomic E-state index is 4.54. The van der Waals surface area contributed by atoms with Gasteiger partial charge in [0.1, 0.15) is 6.33 Å². The van der Waals surface area contributed by atoms with E-state index in [2.05, 4.69) is 87.0 Å². The van der Waals surface area contributed by atoms with E-state index < -0.39 is 0 Å². The lowest BCUT2D eigenvalue weighted by molar-refractivity contribution is 0.175. The van der Waals surface area contributed by atoms with Crippen LogP contribution in [0.3, 0.4) is 0 Å². The second-order valence-corrected chi connectivity index (χ2v) is 8.15. The lowest BCUT2D eigenvalue weighted by Gasteiger charge is -2.35. The van der Waals surface area contributed by atoms with Crippen LogP contribution in [0.25, 0.3) is 16.7 Å². The molecule has 0 bridgehead atoms. The number of hydrogen-bond acceptors (Lipinski definition) is 3. The van der Waals surface area contributed by atoms with Gasteiger partial charge in [0.25, 0.3) is 0 Å². The van der Waals surface area contributed by atoms with E-state index in [1.165, 1.54) is 22.3 Å². The van der Waals surface area contributed by atoms with Gasteiger partial charge in [0.2, 0.25) is 0 Å². The summed E-state index contributed by atoms with van der Waals surface area (Å²) in [5.74, 6) is 0. The minimum absolute atomic E-state index is 0.504. The molecule has 4 aromatic rings. The molecular weight excluding hydrogens is 368 g/mol. The number of aromatic nitrogens is 2. The van der Waals surface area contributed by atoms with Gasteiger partial charge in [-0.3, -0.25) is 14.5 Å². The lowest BCUT2D eigenvalue weighted by Crippen LogP contribution is -2.37. The first-order valence-electron chi connectivity index (χ1n) is 10.5. The molecule has 3 aromatic carbocycles. The highest BCUT2D eigenvalue weighted by Crippen LogP contribution is 2.26. The van der Waals surface area contributed by atoms with Gasteiger partial charge >= 0.3 is 0 Å². The minimum Gasteiger partial charge on any atom is -0.299 e. The molecule has 1 aromatic heterocycles. The highest BCUT2D eigenvalue weighted by atomic mass is 15.2. The van der Waals surface area contributed by atoms with Crippen molar-refractivity contribution < 1.29 is 0 Å². The summed E-state index contributed by atoms with van der Waals surface area (Å²) < 4.78 is 2.17. The van der Waals surface area contributed by atoms with Gasteiger partial charge in [-0.2, -0.15) is 0 Å². The Morgan fingerprint density at radius 3 is 2.83 bits per heavy atom. The number of fused-ring (bicyclic) bond motifs is 2. The Morgan fingerprint density at radius 1 is 1.03 bits per heavy atom. The van der Waals surface area contributed by atoms with Gasteiger partial charge < -0.3 is 0 Å². The molecule has 4 heteroatoms. The topological polar surface area (TPSA) is 33.4 Å². The predicted molar refractivity (Wildman–Crippen MR) is 123 cm³/mol. The number of imidazole rings is 1. The fraction of sp³-hybridized carbons (Fsp3) is 0.231. The molecule has 0 N–H and O–H groups in total. The van der Waals surface area contributed by atoms with E-state index >= 15 is 0 Å². The second-order valence-electron chi connectivity index (χ2n) is 8.15. The van der Waals surface area contributed by atoms with Crippen LogP contribution in [0, 0.1) is 0 Å². The number of rotatable bonds is 4. The normalized spacial score (nSPS) is 16.9. The second kappa shape index (κ2) is 7.88. The zero-order valence-corrected chi connectivity index (χ0v) is 17.5. The summed E-state index contributed by atoms with van der Waals surface area (Å²) in [6.45, 7) is 4.26. The molecule has 1 aliphatic rings. The maximum atomic E-state index is 4.54. The number of benzene rings is 3. The van der Waals surface area contributed by atoms with Crippen LogP contribution in [0.1, 0.15) is 29.2 Å². The largest absolute Gasteiger partial charge is 0.299 e. The van der Waals surface area contributed by atoms with Gasteiger partial charge in [0, 0.05) is 38.1 Å². The maximum Gasteiger partial charge on any atom is 0.100 e. The average molecular weight is 395 g/mol. The first-order valence-corrected chi connectivity index (χ1v) is 10.5. The van der Waals surface area contributed by atoms with Crippen LogP contribution >= 0.6 is 0 Å². The van der Waals surface area contributed by atoms with Crippen molar-refractivity contribution in [2.75, 3.05) is 7.05 Å². The van der Waals surface area contributed by atoms with Crippen LogP contribution in [0.4, 0.5) is 0 Å². The number of hydrogen-bond donors (Lipinski definition) is 0. The van der Waals surface area contributed by atoms with E-state index in [1.54, 1.807) is 0 Å². The standard InChI is InChI=1S/C26H26N4/c1-19-12-23-13-20(15-27-2)10-11-22(23)17-29(19)16-21-6-5-7-24(14-21)30-18-28-25-8-3-4-9-26(25)30/h3-11,13-15,18-19H,12,16-17H2,1-2H3/b27-15+. The summed E-state index contributed by atoms with van der Waals surface area (Å²) in [4.78, 5) is 11.3. The SMILES string of the molecule is C/N=C/c1ccc2c(c1)CC(C)N(Cc1cccc(-n3cnc4ccccc43)c1)C2. The van der Waals surface area contributed by atoms with Gasteiger partial charge in [-0.25, -0.2) is 4.98 Å². The molecule has 0 amide bonds. The Kier molecular flexibility index (Phi) is 4.93. The van der Waals surface area contributed by atoms with Crippen molar-refractivity contribution >= 4 is 17.2 Å². The molecule has 1 unspecified atom stereocenters. The van der Waals surface area contributed by atoms with Crippen molar-refractivity contribution in [1.29, 1.82) is 0 Å². The highest BCUT2D eigenvalue weighted by Gasteiger charge is 2.23. The van der Waals surface area contributed by atoms with Crippen molar-refractivity contribution in [3.05, 3.63) is 95.3 Å². The monoisotopic (exact) mass is 394 g/mol. The number of nitrogens with zero attached hydrogens (tertiary/aromatic N) is 4. The summed E-state index contributed by atoms with van der Waals surface area (Å²) in [5.41, 5.74) is 8.73. The predicted octanol–water partition coefficient (Wildman–Crippen LogP) is 5.02. The smallest absolute Gasteiger partial charge is 0.100 e. The summed E-state index contributed by atoms with van der Waals surface area (Å²) >= 11 is 0. The third-order valence-corrected chi connectivity index (χ3v) is 6.05. The molecule has 0 fully saturated rings. The molecule has 2 heterocycles. The van der Waals surface area contributed by atoms with E-state index in [-0.39, 0.29) is 0 Å². The Morgan fingerprint density at radius 2 is 1.93 bits per heavy atom. The first kappa shape index (κ1) is 18.8. The zero-order chi connectivity index (χ0) is 20.5. The summed E-state index contributed by atoms with van der Waals surface area (Å²) in [7, 11) is 1.82. The van der Waals surface area contributed by atoms with Gasteiger partial charge in [0.05, 0.1) is 11.0 Å². The van der Waals surface area contributed by atoms with Crippen molar-refractivity contribution in [2.45, 2.75) is 32.5 Å². The average Bonchev–Trinajstić information content (AvgIpc) is 3.19. The Labute approximate surface area is 177 Å². The quantitative estimate of drug-likeness (QED) is 0.455. The van der Waals surface area contributed by atoms with Gasteiger partial charge in [0.15, 0.2) is 0 Å². The van der Waals surface area contributed by atoms with Crippen molar-refractivity contribution in [2.24, 2.45) is 4.99 Å². The van der Waals surface area contributed by atoms with Gasteiger partial charge in [-0.15, -0.1) is 0 Å². The van der Waals surface area contributed by atoms with Crippen LogP contribution in [-0.2, 0) is 19.5 Å². The molecule has 150 valence electrons. The molecule has 5 rings (SSSR count). The third kappa shape index (κ3) is 3.55. The number of para-hydroxylation sites is 2. The van der Waals surface area contributed by atoms with E-state index in [1.807, 2.05) is 25.7 Å². The van der Waals surface area contributed by atoms with E-state index in [9.17, 15) is 0 Å². The van der Waals surface area contributed by atoms with Crippen molar-refractivity contribution in [3.8, 4) is 5.69 Å². The van der Waals surface area contributed by atoms with Gasteiger partial charge in [-0.05, 0) is 65.9 Å². The minimum atomic E-state index is 0.504. The third-order valence-electron chi connectivity index (χ3n) is 6.05. The molecule has 4 nitrogen and oxygen atoms in total. The highest BCUT2D eigenvalue weighted by molar-refractivity contribution is 5.80. The molecule has 0 aliphatic carbocycles. The van der Waals surface area contributed by atoms with Crippen LogP contribution in [0.2, 0.25) is 0 Å². The molecule has 1 atom stereocenters. The van der Waals surface area contributed by atoms with Crippen molar-refractivity contribution in [1.82, 2.24) is 14.5 Å². The Balaban J connectivity index is 1.39. The summed E-state index contributed by atoms with van der Waals surface area (Å²) in [6, 6.07) is 24.3. The van der Waals surface area contributed by atoms with Crippen LogP contribution < -0.4 is 0 Å². The first-order chi connectivity index (χ1) is 14.7. The van der Waals surface area contributed by atoms with Gasteiger partial charge in [-0.1, -0.05) is 36.4 Å². The molecule has 0 radical (unpaired) electrons. The fourth-order valence-corrected chi connectivity index (χ4v) is 4.46. The number of aliphatic imine (C=N–C) groups is 1. The van der Waals surface area contributed by atoms with Crippen LogP contribution in [-0.4, -0.2) is 33.8 Å². The molecule has 0 spiro atoms. The summed E-state index contributed by atoms with van der Waals surface area (Å²) in [6.07, 6.45) is 4.93. The van der Waals surface area contributed by atoms with E-state index in [4.69, 9.17) is 0 Å². The van der Waals surface area contributed by atoms with Crippen LogP contribution in [0.15, 0.2) is 78.0 Å². The van der Waals surface area contributed by atoms with Crippen molar-refractivity contribution in [3.63, 3.8) is 0 Å². The zero-order valence-electron chi connectivity index (χ0n) is 17.5. The van der Waals surface area contributed by atoms with Crippen LogP contribution in [0.5, 0.6) is 0 Å². The molecule has 0 saturated carbocycles. The van der Waals surface area contributed by atoms with E-state index in [0.29, 0.717) is 6.04 Å². The van der Waals surface area contributed by atoms with E-state index in [0.717, 1.165) is 36.2 Å². The lowest BCUT2D eigenvalue weighted by atomic mass is 9.93. The fourth-order valence-electron chi connectivity index (χ4n) is 4.46. The Hall–Kier alpha value is -3.24. The molecule has 1 aliphatic heterocycles. The Bertz CT molecular complexity index is 1220. The molecule has 30 heavy (non-hydrogen) atoms. The molecule has 0 saturated heterocycles. The molecular formula is C26H26N4.